The molecule has 0 bridgehead atoms. The first-order chi connectivity index (χ1) is 11.9. The molecule has 1 saturated heterocycles. The fourth-order valence-corrected chi connectivity index (χ4v) is 4.37. The van der Waals surface area contributed by atoms with Crippen LogP contribution in [0.25, 0.3) is 0 Å². The zero-order valence-corrected chi connectivity index (χ0v) is 15.8. The van der Waals surface area contributed by atoms with E-state index in [1.807, 2.05) is 13.0 Å². The van der Waals surface area contributed by atoms with Crippen LogP contribution < -0.4 is 10.2 Å². The minimum absolute atomic E-state index is 0.387. The van der Waals surface area contributed by atoms with Gasteiger partial charge in [-0.15, -0.1) is 0 Å². The number of anilines is 2. The van der Waals surface area contributed by atoms with Gasteiger partial charge in [-0.05, 0) is 61.6 Å². The Morgan fingerprint density at radius 3 is 2.32 bits per heavy atom. The Morgan fingerprint density at radius 2 is 1.68 bits per heavy atom. The van der Waals surface area contributed by atoms with E-state index < -0.39 is 9.84 Å². The molecule has 25 heavy (non-hydrogen) atoms. The van der Waals surface area contributed by atoms with Crippen LogP contribution in [0.1, 0.15) is 30.4 Å². The molecule has 0 radical (unpaired) electrons. The summed E-state index contributed by atoms with van der Waals surface area (Å²) in [7, 11) is -3.20. The van der Waals surface area contributed by atoms with E-state index in [2.05, 4.69) is 34.5 Å². The number of benzene rings is 2. The number of rotatable bonds is 5. The highest BCUT2D eigenvalue weighted by Gasteiger charge is 2.13. The average molecular weight is 359 g/mol. The van der Waals surface area contributed by atoms with Crippen LogP contribution in [-0.4, -0.2) is 27.8 Å². The van der Waals surface area contributed by atoms with E-state index in [-0.39, 0.29) is 0 Å². The van der Waals surface area contributed by atoms with Crippen molar-refractivity contribution in [1.82, 2.24) is 0 Å². The molecule has 0 atom stereocenters. The van der Waals surface area contributed by atoms with Crippen molar-refractivity contribution in [3.05, 3.63) is 53.6 Å². The zero-order valence-electron chi connectivity index (χ0n) is 15.0. The Labute approximate surface area is 150 Å². The Bertz CT molecular complexity index is 823. The van der Waals surface area contributed by atoms with Gasteiger partial charge in [0.15, 0.2) is 9.84 Å². The van der Waals surface area contributed by atoms with Crippen LogP contribution >= 0.6 is 0 Å². The molecule has 1 aliphatic heterocycles. The molecule has 0 spiro atoms. The highest BCUT2D eigenvalue weighted by Crippen LogP contribution is 2.24. The molecule has 134 valence electrons. The van der Waals surface area contributed by atoms with Crippen molar-refractivity contribution in [1.29, 1.82) is 0 Å². The van der Waals surface area contributed by atoms with Crippen LogP contribution in [0.15, 0.2) is 47.4 Å². The summed E-state index contributed by atoms with van der Waals surface area (Å²) >= 11 is 0. The molecule has 2 aromatic rings. The maximum atomic E-state index is 11.8. The molecule has 1 heterocycles. The molecular formula is C20H26N2O2S. The molecule has 0 aliphatic carbocycles. The largest absolute Gasteiger partial charge is 0.381 e. The molecule has 1 fully saturated rings. The number of nitrogens with one attached hydrogen (secondary N) is 1. The second-order valence-corrected chi connectivity index (χ2v) is 8.75. The van der Waals surface area contributed by atoms with Crippen LogP contribution in [0, 0.1) is 6.92 Å². The molecule has 1 N–H and O–H groups in total. The summed E-state index contributed by atoms with van der Waals surface area (Å²) in [5.41, 5.74) is 4.11. The van der Waals surface area contributed by atoms with Crippen LogP contribution in [0.4, 0.5) is 11.4 Å². The Balaban J connectivity index is 1.68. The quantitative estimate of drug-likeness (QED) is 0.878. The van der Waals surface area contributed by atoms with Crippen LogP contribution in [0.2, 0.25) is 0 Å². The Kier molecular flexibility index (Phi) is 5.33. The molecular weight excluding hydrogens is 332 g/mol. The summed E-state index contributed by atoms with van der Waals surface area (Å²) < 4.78 is 23.7. The van der Waals surface area contributed by atoms with Gasteiger partial charge in [0.2, 0.25) is 0 Å². The third-order valence-electron chi connectivity index (χ3n) is 4.82. The molecule has 0 unspecified atom stereocenters. The molecule has 0 aromatic heterocycles. The summed E-state index contributed by atoms with van der Waals surface area (Å²) in [6, 6.07) is 14.0. The van der Waals surface area contributed by atoms with Crippen molar-refractivity contribution in [2.75, 3.05) is 29.6 Å². The van der Waals surface area contributed by atoms with Gasteiger partial charge in [-0.1, -0.05) is 18.2 Å². The molecule has 0 amide bonds. The normalized spacial score (nSPS) is 15.2. The number of sulfone groups is 1. The van der Waals surface area contributed by atoms with Crippen molar-refractivity contribution in [2.45, 2.75) is 37.6 Å². The third kappa shape index (κ3) is 4.34. The minimum Gasteiger partial charge on any atom is -0.381 e. The minimum atomic E-state index is -3.20. The topological polar surface area (TPSA) is 49.4 Å². The average Bonchev–Trinajstić information content (AvgIpc) is 2.61. The first kappa shape index (κ1) is 17.8. The van der Waals surface area contributed by atoms with Crippen LogP contribution in [-0.2, 0) is 16.4 Å². The standard InChI is InChI=1S/C20H26N2O2S/c1-16-19(7-6-8-20(16)25(2,23)24)21-15-17-9-11-18(12-10-17)22-13-4-3-5-14-22/h6-12,21H,3-5,13-15H2,1-2H3. The highest BCUT2D eigenvalue weighted by molar-refractivity contribution is 7.90. The summed E-state index contributed by atoms with van der Waals surface area (Å²) in [6.07, 6.45) is 5.14. The van der Waals surface area contributed by atoms with Gasteiger partial charge in [-0.3, -0.25) is 0 Å². The SMILES string of the molecule is Cc1c(NCc2ccc(N3CCCCC3)cc2)cccc1S(C)(=O)=O. The monoisotopic (exact) mass is 358 g/mol. The fraction of sp³-hybridized carbons (Fsp3) is 0.400. The molecule has 5 heteroatoms. The van der Waals surface area contributed by atoms with E-state index in [0.717, 1.165) is 24.3 Å². The third-order valence-corrected chi connectivity index (χ3v) is 6.07. The van der Waals surface area contributed by atoms with Crippen molar-refractivity contribution >= 4 is 21.2 Å². The van der Waals surface area contributed by atoms with E-state index in [4.69, 9.17) is 0 Å². The maximum Gasteiger partial charge on any atom is 0.175 e. The van der Waals surface area contributed by atoms with Gasteiger partial charge in [0.1, 0.15) is 0 Å². The zero-order chi connectivity index (χ0) is 17.9. The fourth-order valence-electron chi connectivity index (χ4n) is 3.38. The van der Waals surface area contributed by atoms with E-state index in [9.17, 15) is 8.42 Å². The van der Waals surface area contributed by atoms with E-state index in [0.29, 0.717) is 11.4 Å². The molecule has 2 aromatic carbocycles. The first-order valence-electron chi connectivity index (χ1n) is 8.82. The summed E-state index contributed by atoms with van der Waals surface area (Å²) in [4.78, 5) is 2.83. The lowest BCUT2D eigenvalue weighted by atomic mass is 10.1. The maximum absolute atomic E-state index is 11.8. The van der Waals surface area contributed by atoms with Crippen molar-refractivity contribution < 1.29 is 8.42 Å². The second-order valence-electron chi connectivity index (χ2n) is 6.77. The molecule has 0 saturated carbocycles. The van der Waals surface area contributed by atoms with Crippen molar-refractivity contribution in [3.8, 4) is 0 Å². The number of hydrogen-bond donors (Lipinski definition) is 1. The van der Waals surface area contributed by atoms with E-state index >= 15 is 0 Å². The summed E-state index contributed by atoms with van der Waals surface area (Å²) in [6.45, 7) is 4.82. The first-order valence-corrected chi connectivity index (χ1v) is 10.7. The van der Waals surface area contributed by atoms with Gasteiger partial charge in [-0.25, -0.2) is 8.42 Å². The smallest absolute Gasteiger partial charge is 0.175 e. The predicted molar refractivity (Wildman–Crippen MR) is 104 cm³/mol. The van der Waals surface area contributed by atoms with Gasteiger partial charge < -0.3 is 10.2 Å². The number of hydrogen-bond acceptors (Lipinski definition) is 4. The second kappa shape index (κ2) is 7.48. The number of piperidine rings is 1. The van der Waals surface area contributed by atoms with Crippen molar-refractivity contribution in [3.63, 3.8) is 0 Å². The molecule has 4 nitrogen and oxygen atoms in total. The highest BCUT2D eigenvalue weighted by atomic mass is 32.2. The lowest BCUT2D eigenvalue weighted by molar-refractivity contribution is 0.578. The molecule has 1 aliphatic rings. The summed E-state index contributed by atoms with van der Waals surface area (Å²) in [5.74, 6) is 0. The predicted octanol–water partition coefficient (Wildman–Crippen LogP) is 4.00. The lowest BCUT2D eigenvalue weighted by Gasteiger charge is -2.28. The van der Waals surface area contributed by atoms with Crippen LogP contribution in [0.5, 0.6) is 0 Å². The van der Waals surface area contributed by atoms with Gasteiger partial charge in [-0.2, -0.15) is 0 Å². The van der Waals surface area contributed by atoms with E-state index in [1.54, 1.807) is 12.1 Å². The van der Waals surface area contributed by atoms with Gasteiger partial charge in [0.25, 0.3) is 0 Å². The Hall–Kier alpha value is -2.01. The van der Waals surface area contributed by atoms with Gasteiger partial charge >= 0.3 is 0 Å². The van der Waals surface area contributed by atoms with E-state index in [1.165, 1.54) is 36.8 Å². The molecule has 3 rings (SSSR count). The summed E-state index contributed by atoms with van der Waals surface area (Å²) in [5, 5.41) is 3.36. The Morgan fingerprint density at radius 1 is 1.00 bits per heavy atom. The number of nitrogens with zero attached hydrogens (tertiary/aromatic N) is 1. The lowest BCUT2D eigenvalue weighted by Crippen LogP contribution is -2.29. The van der Waals surface area contributed by atoms with Gasteiger partial charge in [0.05, 0.1) is 4.90 Å². The van der Waals surface area contributed by atoms with Gasteiger partial charge in [0, 0.05) is 37.3 Å². The van der Waals surface area contributed by atoms with Crippen molar-refractivity contribution in [2.24, 2.45) is 0 Å². The van der Waals surface area contributed by atoms with Crippen LogP contribution in [0.3, 0.4) is 0 Å².